The fraction of sp³-hybridized carbons (Fsp3) is 0.143. The Labute approximate surface area is 110 Å². The molecule has 1 aromatic carbocycles. The van der Waals surface area contributed by atoms with Gasteiger partial charge in [-0.3, -0.25) is 4.98 Å². The highest BCUT2D eigenvalue weighted by Crippen LogP contribution is 2.22. The SMILES string of the molecule is Cc1ccc(SCc2ccc(C(=O)O)cn2)cc1. The van der Waals surface area contributed by atoms with Crippen LogP contribution in [-0.2, 0) is 5.75 Å². The molecule has 0 aliphatic heterocycles. The van der Waals surface area contributed by atoms with Crippen LogP contribution >= 0.6 is 11.8 Å². The van der Waals surface area contributed by atoms with Crippen molar-refractivity contribution in [1.82, 2.24) is 4.98 Å². The van der Waals surface area contributed by atoms with Crippen molar-refractivity contribution < 1.29 is 9.90 Å². The van der Waals surface area contributed by atoms with E-state index in [1.807, 2.05) is 0 Å². The molecule has 1 aromatic heterocycles. The highest BCUT2D eigenvalue weighted by atomic mass is 32.2. The van der Waals surface area contributed by atoms with Gasteiger partial charge >= 0.3 is 5.97 Å². The minimum atomic E-state index is -0.944. The molecule has 1 heterocycles. The van der Waals surface area contributed by atoms with Crippen molar-refractivity contribution in [1.29, 1.82) is 0 Å². The second-order valence-corrected chi connectivity index (χ2v) is 4.99. The Balaban J connectivity index is 1.97. The molecule has 18 heavy (non-hydrogen) atoms. The lowest BCUT2D eigenvalue weighted by Crippen LogP contribution is -1.97. The second-order valence-electron chi connectivity index (χ2n) is 3.95. The average molecular weight is 259 g/mol. The summed E-state index contributed by atoms with van der Waals surface area (Å²) in [6, 6.07) is 11.6. The van der Waals surface area contributed by atoms with Gasteiger partial charge in [-0.15, -0.1) is 11.8 Å². The summed E-state index contributed by atoms with van der Waals surface area (Å²) in [4.78, 5) is 16.0. The van der Waals surface area contributed by atoms with Crippen LogP contribution in [0.1, 0.15) is 21.6 Å². The van der Waals surface area contributed by atoms with Crippen molar-refractivity contribution in [2.45, 2.75) is 17.6 Å². The summed E-state index contributed by atoms with van der Waals surface area (Å²) >= 11 is 1.69. The van der Waals surface area contributed by atoms with Gasteiger partial charge in [-0.1, -0.05) is 17.7 Å². The number of benzene rings is 1. The quantitative estimate of drug-likeness (QED) is 0.855. The van der Waals surface area contributed by atoms with E-state index in [0.29, 0.717) is 0 Å². The highest BCUT2D eigenvalue weighted by Gasteiger charge is 2.03. The molecule has 0 unspecified atom stereocenters. The van der Waals surface area contributed by atoms with Crippen molar-refractivity contribution in [2.24, 2.45) is 0 Å². The summed E-state index contributed by atoms with van der Waals surface area (Å²) in [7, 11) is 0. The molecule has 0 saturated carbocycles. The molecule has 0 saturated heterocycles. The molecule has 4 heteroatoms. The zero-order valence-electron chi connectivity index (χ0n) is 9.96. The minimum absolute atomic E-state index is 0.221. The third-order valence-electron chi connectivity index (χ3n) is 2.48. The lowest BCUT2D eigenvalue weighted by molar-refractivity contribution is 0.0696. The van der Waals surface area contributed by atoms with E-state index in [0.717, 1.165) is 11.4 Å². The first-order valence-corrected chi connectivity index (χ1v) is 6.51. The number of rotatable bonds is 4. The van der Waals surface area contributed by atoms with Crippen molar-refractivity contribution >= 4 is 17.7 Å². The van der Waals surface area contributed by atoms with Crippen molar-refractivity contribution in [3.05, 3.63) is 59.4 Å². The number of nitrogens with zero attached hydrogens (tertiary/aromatic N) is 1. The summed E-state index contributed by atoms with van der Waals surface area (Å²) in [5.41, 5.74) is 2.34. The Bertz CT molecular complexity index is 535. The largest absolute Gasteiger partial charge is 0.478 e. The molecule has 0 amide bonds. The summed E-state index contributed by atoms with van der Waals surface area (Å²) in [5.74, 6) is -0.205. The fourth-order valence-electron chi connectivity index (χ4n) is 1.43. The predicted molar refractivity (Wildman–Crippen MR) is 71.9 cm³/mol. The van der Waals surface area contributed by atoms with E-state index < -0.39 is 5.97 Å². The van der Waals surface area contributed by atoms with Gasteiger partial charge in [0.05, 0.1) is 11.3 Å². The van der Waals surface area contributed by atoms with Gasteiger partial charge in [0.1, 0.15) is 0 Å². The normalized spacial score (nSPS) is 10.3. The molecule has 0 bridgehead atoms. The molecule has 92 valence electrons. The maximum absolute atomic E-state index is 10.7. The first-order chi connectivity index (χ1) is 8.65. The summed E-state index contributed by atoms with van der Waals surface area (Å²) in [5, 5.41) is 8.76. The standard InChI is InChI=1S/C14H13NO2S/c1-10-2-6-13(7-3-10)18-9-12-5-4-11(8-15-12)14(16)17/h2-8H,9H2,1H3,(H,16,17). The molecule has 2 rings (SSSR count). The third-order valence-corrected chi connectivity index (χ3v) is 3.52. The molecule has 0 atom stereocenters. The number of aryl methyl sites for hydroxylation is 1. The summed E-state index contributed by atoms with van der Waals surface area (Å²) in [6.07, 6.45) is 1.40. The van der Waals surface area contributed by atoms with Crippen molar-refractivity contribution in [2.75, 3.05) is 0 Å². The topological polar surface area (TPSA) is 50.2 Å². The van der Waals surface area contributed by atoms with Gasteiger partial charge in [0.25, 0.3) is 0 Å². The van der Waals surface area contributed by atoms with Gasteiger partial charge in [0.2, 0.25) is 0 Å². The average Bonchev–Trinajstić information content (AvgIpc) is 2.38. The van der Waals surface area contributed by atoms with Gasteiger partial charge in [0, 0.05) is 16.8 Å². The number of aromatic nitrogens is 1. The summed E-state index contributed by atoms with van der Waals surface area (Å²) in [6.45, 7) is 2.06. The van der Waals surface area contributed by atoms with Crippen LogP contribution in [0, 0.1) is 6.92 Å². The van der Waals surface area contributed by atoms with Crippen LogP contribution < -0.4 is 0 Å². The van der Waals surface area contributed by atoms with Crippen LogP contribution in [-0.4, -0.2) is 16.1 Å². The number of carboxylic acid groups (broad SMARTS) is 1. The van der Waals surface area contributed by atoms with Crippen LogP contribution in [0.4, 0.5) is 0 Å². The number of pyridine rings is 1. The lowest BCUT2D eigenvalue weighted by Gasteiger charge is -2.02. The number of carboxylic acids is 1. The number of hydrogen-bond acceptors (Lipinski definition) is 3. The zero-order chi connectivity index (χ0) is 13.0. The van der Waals surface area contributed by atoms with Crippen molar-refractivity contribution in [3.63, 3.8) is 0 Å². The van der Waals surface area contributed by atoms with Crippen LogP contribution in [0.3, 0.4) is 0 Å². The molecule has 0 aliphatic rings. The Morgan fingerprint density at radius 3 is 2.50 bits per heavy atom. The van der Waals surface area contributed by atoms with E-state index in [1.165, 1.54) is 16.7 Å². The smallest absolute Gasteiger partial charge is 0.337 e. The van der Waals surface area contributed by atoms with Gasteiger partial charge in [-0.05, 0) is 31.2 Å². The first-order valence-electron chi connectivity index (χ1n) is 5.53. The number of thioether (sulfide) groups is 1. The zero-order valence-corrected chi connectivity index (χ0v) is 10.8. The Morgan fingerprint density at radius 1 is 1.22 bits per heavy atom. The van der Waals surface area contributed by atoms with E-state index in [4.69, 9.17) is 5.11 Å². The first kappa shape index (κ1) is 12.6. The number of aromatic carboxylic acids is 1. The van der Waals surface area contributed by atoms with Gasteiger partial charge in [-0.25, -0.2) is 4.79 Å². The van der Waals surface area contributed by atoms with E-state index in [1.54, 1.807) is 23.9 Å². The molecule has 0 fully saturated rings. The van der Waals surface area contributed by atoms with Crippen LogP contribution in [0.15, 0.2) is 47.5 Å². The van der Waals surface area contributed by atoms with Crippen LogP contribution in [0.2, 0.25) is 0 Å². The van der Waals surface area contributed by atoms with Crippen LogP contribution in [0.25, 0.3) is 0 Å². The van der Waals surface area contributed by atoms with E-state index in [9.17, 15) is 4.79 Å². The molecule has 0 aliphatic carbocycles. The molecule has 0 radical (unpaired) electrons. The van der Waals surface area contributed by atoms with Crippen molar-refractivity contribution in [3.8, 4) is 0 Å². The monoisotopic (exact) mass is 259 g/mol. The molecule has 3 nitrogen and oxygen atoms in total. The van der Waals surface area contributed by atoms with Gasteiger partial charge in [-0.2, -0.15) is 0 Å². The maximum atomic E-state index is 10.7. The molecule has 2 aromatic rings. The van der Waals surface area contributed by atoms with Gasteiger partial charge in [0.15, 0.2) is 0 Å². The Morgan fingerprint density at radius 2 is 1.94 bits per heavy atom. The molecular formula is C14H13NO2S. The minimum Gasteiger partial charge on any atom is -0.478 e. The number of hydrogen-bond donors (Lipinski definition) is 1. The Kier molecular flexibility index (Phi) is 3.99. The van der Waals surface area contributed by atoms with E-state index in [-0.39, 0.29) is 5.56 Å². The molecule has 0 spiro atoms. The fourth-order valence-corrected chi connectivity index (χ4v) is 2.24. The van der Waals surface area contributed by atoms with E-state index in [2.05, 4.69) is 36.2 Å². The molecular weight excluding hydrogens is 246 g/mol. The molecule has 1 N–H and O–H groups in total. The maximum Gasteiger partial charge on any atom is 0.337 e. The van der Waals surface area contributed by atoms with Crippen LogP contribution in [0.5, 0.6) is 0 Å². The highest BCUT2D eigenvalue weighted by molar-refractivity contribution is 7.98. The second kappa shape index (κ2) is 5.69. The Hall–Kier alpha value is -1.81. The third kappa shape index (κ3) is 3.34. The number of carbonyl (C=O) groups is 1. The van der Waals surface area contributed by atoms with E-state index >= 15 is 0 Å². The van der Waals surface area contributed by atoms with Gasteiger partial charge < -0.3 is 5.11 Å². The predicted octanol–water partition coefficient (Wildman–Crippen LogP) is 3.38. The lowest BCUT2D eigenvalue weighted by atomic mass is 10.2. The summed E-state index contributed by atoms with van der Waals surface area (Å²) < 4.78 is 0.